The minimum Gasteiger partial charge on any atom is -0.497 e. The minimum atomic E-state index is -0.520. The number of ether oxygens (including phenoxy) is 1. The van der Waals surface area contributed by atoms with Gasteiger partial charge in [0.05, 0.1) is 19.1 Å². The van der Waals surface area contributed by atoms with Crippen LogP contribution >= 0.6 is 0 Å². The molecule has 1 N–H and O–H groups in total. The van der Waals surface area contributed by atoms with Gasteiger partial charge in [-0.2, -0.15) is 0 Å². The predicted octanol–water partition coefficient (Wildman–Crippen LogP) is 3.85. The van der Waals surface area contributed by atoms with E-state index in [1.165, 1.54) is 0 Å². The van der Waals surface area contributed by atoms with Crippen LogP contribution in [0.1, 0.15) is 51.8 Å². The zero-order chi connectivity index (χ0) is 22.1. The first kappa shape index (κ1) is 20.2. The number of methoxy groups -OCH3 is 1. The molecule has 2 amide bonds. The number of aromatic nitrogens is 1. The Morgan fingerprint density at radius 2 is 1.97 bits per heavy atom. The van der Waals surface area contributed by atoms with Crippen molar-refractivity contribution in [1.82, 2.24) is 15.2 Å². The second-order valence-corrected chi connectivity index (χ2v) is 8.31. The van der Waals surface area contributed by atoms with Crippen LogP contribution in [0.2, 0.25) is 0 Å². The molecule has 6 nitrogen and oxygen atoms in total. The van der Waals surface area contributed by atoms with Gasteiger partial charge >= 0.3 is 0 Å². The fraction of sp³-hybridized carbons (Fsp3) is 0.269. The van der Waals surface area contributed by atoms with Gasteiger partial charge in [-0.3, -0.25) is 14.6 Å². The van der Waals surface area contributed by atoms with E-state index in [9.17, 15) is 9.59 Å². The van der Waals surface area contributed by atoms with E-state index in [0.717, 1.165) is 29.5 Å². The molecular weight excluding hydrogens is 402 g/mol. The van der Waals surface area contributed by atoms with Gasteiger partial charge in [0.15, 0.2) is 0 Å². The lowest BCUT2D eigenvalue weighted by molar-refractivity contribution is -0.124. The van der Waals surface area contributed by atoms with Crippen molar-refractivity contribution in [2.75, 3.05) is 7.11 Å². The quantitative estimate of drug-likeness (QED) is 0.649. The third-order valence-electron chi connectivity index (χ3n) is 6.22. The monoisotopic (exact) mass is 427 g/mol. The summed E-state index contributed by atoms with van der Waals surface area (Å²) in [7, 11) is 1.62. The van der Waals surface area contributed by atoms with E-state index in [2.05, 4.69) is 10.3 Å². The van der Waals surface area contributed by atoms with Gasteiger partial charge in [-0.1, -0.05) is 36.4 Å². The highest BCUT2D eigenvalue weighted by atomic mass is 16.5. The summed E-state index contributed by atoms with van der Waals surface area (Å²) in [6.07, 6.45) is 5.37. The highest BCUT2D eigenvalue weighted by molar-refractivity contribution is 6.01. The molecule has 2 aromatic carbocycles. The first-order valence-electron chi connectivity index (χ1n) is 10.9. The smallest absolute Gasteiger partial charge is 0.254 e. The second-order valence-electron chi connectivity index (χ2n) is 8.31. The molecule has 0 bridgehead atoms. The second kappa shape index (κ2) is 8.46. The number of hydrogen-bond acceptors (Lipinski definition) is 4. The normalized spacial score (nSPS) is 19.9. The molecule has 0 saturated heterocycles. The van der Waals surface area contributed by atoms with Crippen molar-refractivity contribution in [2.45, 2.75) is 37.4 Å². The molecule has 0 unspecified atom stereocenters. The standard InChI is InChI=1S/C26H25N3O3/c1-32-20-8-4-7-18(14-20)24-23(25(30)28-16-17-6-5-13-27-15-17)21-9-2-3-10-22(21)26(31)29(24)19-11-12-19/h2-10,13-15,19,23-24H,11-12,16H2,1H3,(H,28,30)/t23-,24-/m0/s1. The number of carbonyl (C=O) groups excluding carboxylic acids is 2. The Kier molecular flexibility index (Phi) is 5.35. The van der Waals surface area contributed by atoms with E-state index in [1.807, 2.05) is 65.6 Å². The first-order chi connectivity index (χ1) is 15.7. The number of fused-ring (bicyclic) bond motifs is 1. The molecule has 2 atom stereocenters. The van der Waals surface area contributed by atoms with E-state index in [4.69, 9.17) is 4.74 Å². The molecule has 1 aromatic heterocycles. The summed E-state index contributed by atoms with van der Waals surface area (Å²) in [6.45, 7) is 0.382. The maximum Gasteiger partial charge on any atom is 0.254 e. The number of nitrogens with one attached hydrogen (secondary N) is 1. The maximum absolute atomic E-state index is 13.7. The average molecular weight is 428 g/mol. The molecule has 2 aliphatic rings. The molecule has 1 aliphatic heterocycles. The Hall–Kier alpha value is -3.67. The van der Waals surface area contributed by atoms with Gasteiger partial charge in [0.25, 0.3) is 5.91 Å². The highest BCUT2D eigenvalue weighted by Crippen LogP contribution is 2.48. The van der Waals surface area contributed by atoms with Gasteiger partial charge in [0.2, 0.25) is 5.91 Å². The van der Waals surface area contributed by atoms with Crippen LogP contribution in [0.4, 0.5) is 0 Å². The van der Waals surface area contributed by atoms with Crippen LogP contribution in [0, 0.1) is 0 Å². The van der Waals surface area contributed by atoms with Crippen LogP contribution < -0.4 is 10.1 Å². The number of pyridine rings is 1. The van der Waals surface area contributed by atoms with E-state index in [1.54, 1.807) is 19.5 Å². The molecule has 1 fully saturated rings. The molecular formula is C26H25N3O3. The Bertz CT molecular complexity index is 1140. The lowest BCUT2D eigenvalue weighted by atomic mass is 9.79. The largest absolute Gasteiger partial charge is 0.497 e. The SMILES string of the molecule is COc1cccc([C@H]2[C@@H](C(=O)NCc3cccnc3)c3ccccc3C(=O)N2C2CC2)c1. The number of amides is 2. The summed E-state index contributed by atoms with van der Waals surface area (Å²) in [5.41, 5.74) is 3.21. The van der Waals surface area contributed by atoms with Crippen LogP contribution in [0.3, 0.4) is 0 Å². The van der Waals surface area contributed by atoms with Crippen molar-refractivity contribution in [1.29, 1.82) is 0 Å². The van der Waals surface area contributed by atoms with Gasteiger partial charge in [-0.25, -0.2) is 0 Å². The number of rotatable bonds is 6. The van der Waals surface area contributed by atoms with Crippen molar-refractivity contribution >= 4 is 11.8 Å². The summed E-state index contributed by atoms with van der Waals surface area (Å²) in [4.78, 5) is 33.3. The zero-order valence-corrected chi connectivity index (χ0v) is 17.9. The van der Waals surface area contributed by atoms with E-state index in [0.29, 0.717) is 17.9 Å². The van der Waals surface area contributed by atoms with Gasteiger partial charge in [0.1, 0.15) is 5.75 Å². The molecule has 3 aromatic rings. The van der Waals surface area contributed by atoms with Crippen LogP contribution in [0.5, 0.6) is 5.75 Å². The summed E-state index contributed by atoms with van der Waals surface area (Å²) in [5.74, 6) is 0.0758. The molecule has 1 saturated carbocycles. The van der Waals surface area contributed by atoms with Crippen LogP contribution in [0.15, 0.2) is 73.1 Å². The summed E-state index contributed by atoms with van der Waals surface area (Å²) < 4.78 is 5.44. The Morgan fingerprint density at radius 3 is 2.72 bits per heavy atom. The lowest BCUT2D eigenvalue weighted by Crippen LogP contribution is -2.48. The Balaban J connectivity index is 1.58. The Labute approximate surface area is 187 Å². The molecule has 162 valence electrons. The van der Waals surface area contributed by atoms with Crippen LogP contribution in [-0.4, -0.2) is 34.8 Å². The van der Waals surface area contributed by atoms with E-state index >= 15 is 0 Å². The zero-order valence-electron chi connectivity index (χ0n) is 17.9. The molecule has 1 aliphatic carbocycles. The maximum atomic E-state index is 13.7. The van der Waals surface area contributed by atoms with Crippen molar-refractivity contribution < 1.29 is 14.3 Å². The molecule has 0 radical (unpaired) electrons. The fourth-order valence-corrected chi connectivity index (χ4v) is 4.57. The van der Waals surface area contributed by atoms with Gasteiger partial charge in [-0.15, -0.1) is 0 Å². The minimum absolute atomic E-state index is 0.00720. The predicted molar refractivity (Wildman–Crippen MR) is 120 cm³/mol. The number of hydrogen-bond donors (Lipinski definition) is 1. The van der Waals surface area contributed by atoms with Crippen molar-refractivity contribution in [3.63, 3.8) is 0 Å². The summed E-state index contributed by atoms with van der Waals surface area (Å²) in [6, 6.07) is 18.7. The first-order valence-corrected chi connectivity index (χ1v) is 10.9. The van der Waals surface area contributed by atoms with Gasteiger partial charge < -0.3 is 15.0 Å². The third kappa shape index (κ3) is 3.73. The lowest BCUT2D eigenvalue weighted by Gasteiger charge is -2.42. The summed E-state index contributed by atoms with van der Waals surface area (Å²) in [5, 5.41) is 3.08. The molecule has 5 rings (SSSR count). The average Bonchev–Trinajstić information content (AvgIpc) is 3.68. The highest BCUT2D eigenvalue weighted by Gasteiger charge is 2.49. The van der Waals surface area contributed by atoms with Crippen molar-refractivity contribution in [3.05, 3.63) is 95.3 Å². The number of nitrogens with zero attached hydrogens (tertiary/aromatic N) is 2. The van der Waals surface area contributed by atoms with Crippen molar-refractivity contribution in [2.24, 2.45) is 0 Å². The molecule has 0 spiro atoms. The van der Waals surface area contributed by atoms with E-state index < -0.39 is 12.0 Å². The van der Waals surface area contributed by atoms with Crippen LogP contribution in [-0.2, 0) is 11.3 Å². The van der Waals surface area contributed by atoms with Crippen LogP contribution in [0.25, 0.3) is 0 Å². The summed E-state index contributed by atoms with van der Waals surface area (Å²) >= 11 is 0. The topological polar surface area (TPSA) is 71.5 Å². The third-order valence-corrected chi connectivity index (χ3v) is 6.22. The van der Waals surface area contributed by atoms with Crippen molar-refractivity contribution in [3.8, 4) is 5.75 Å². The Morgan fingerprint density at radius 1 is 1.12 bits per heavy atom. The molecule has 6 heteroatoms. The number of carbonyl (C=O) groups is 2. The molecule has 32 heavy (non-hydrogen) atoms. The van der Waals surface area contributed by atoms with Gasteiger partial charge in [0, 0.05) is 30.5 Å². The number of benzene rings is 2. The van der Waals surface area contributed by atoms with E-state index in [-0.39, 0.29) is 17.9 Å². The fourth-order valence-electron chi connectivity index (χ4n) is 4.57. The van der Waals surface area contributed by atoms with Gasteiger partial charge in [-0.05, 0) is 53.8 Å². The molecule has 2 heterocycles.